The average molecular weight is 181 g/mol. The van der Waals surface area contributed by atoms with Crippen molar-refractivity contribution >= 4 is 0 Å². The highest BCUT2D eigenvalue weighted by atomic mass is 19.1. The number of rotatable bonds is 3. The summed E-state index contributed by atoms with van der Waals surface area (Å²) in [6.07, 6.45) is 1.51. The van der Waals surface area contributed by atoms with Crippen LogP contribution in [0.5, 0.6) is 0 Å². The van der Waals surface area contributed by atoms with E-state index in [1.165, 1.54) is 0 Å². The van der Waals surface area contributed by atoms with E-state index in [1.807, 2.05) is 13.0 Å². The first-order valence-electron chi connectivity index (χ1n) is 4.64. The van der Waals surface area contributed by atoms with Gasteiger partial charge in [0.15, 0.2) is 0 Å². The molecule has 0 aliphatic rings. The number of benzene rings is 1. The molecule has 0 bridgehead atoms. The first-order valence-corrected chi connectivity index (χ1v) is 4.64. The number of nitrogens with two attached hydrogens (primary N) is 1. The third-order valence-electron chi connectivity index (χ3n) is 2.28. The zero-order valence-electron chi connectivity index (χ0n) is 8.18. The van der Waals surface area contributed by atoms with Crippen LogP contribution in [0.25, 0.3) is 0 Å². The van der Waals surface area contributed by atoms with E-state index in [4.69, 9.17) is 5.73 Å². The lowest BCUT2D eigenvalue weighted by molar-refractivity contribution is 0.573. The van der Waals surface area contributed by atoms with Crippen molar-refractivity contribution in [3.05, 3.63) is 35.1 Å². The van der Waals surface area contributed by atoms with E-state index in [1.54, 1.807) is 19.1 Å². The molecule has 1 aromatic rings. The highest BCUT2D eigenvalue weighted by molar-refractivity contribution is 5.25. The molecule has 0 aromatic heterocycles. The zero-order valence-corrected chi connectivity index (χ0v) is 8.18. The van der Waals surface area contributed by atoms with Gasteiger partial charge in [0, 0.05) is 6.04 Å². The molecule has 0 saturated carbocycles. The quantitative estimate of drug-likeness (QED) is 0.761. The summed E-state index contributed by atoms with van der Waals surface area (Å²) in [5, 5.41) is 0. The fourth-order valence-corrected chi connectivity index (χ4v) is 1.29. The summed E-state index contributed by atoms with van der Waals surface area (Å²) in [6, 6.07) is 5.51. The minimum Gasteiger partial charge on any atom is -0.327 e. The molecule has 2 N–H and O–H groups in total. The predicted molar refractivity (Wildman–Crippen MR) is 53.1 cm³/mol. The second-order valence-corrected chi connectivity index (χ2v) is 3.42. The lowest BCUT2D eigenvalue weighted by atomic mass is 10.0. The Morgan fingerprint density at radius 3 is 2.77 bits per heavy atom. The summed E-state index contributed by atoms with van der Waals surface area (Å²) in [4.78, 5) is 0. The SMILES string of the molecule is CCC(N)Cc1cccc(C)c1F. The van der Waals surface area contributed by atoms with E-state index in [2.05, 4.69) is 0 Å². The van der Waals surface area contributed by atoms with Gasteiger partial charge in [-0.1, -0.05) is 25.1 Å². The molecule has 0 spiro atoms. The van der Waals surface area contributed by atoms with Gasteiger partial charge in [-0.2, -0.15) is 0 Å². The minimum atomic E-state index is -0.105. The van der Waals surface area contributed by atoms with Crippen LogP contribution in [0.4, 0.5) is 4.39 Å². The number of aryl methyl sites for hydroxylation is 1. The van der Waals surface area contributed by atoms with Crippen molar-refractivity contribution in [3.8, 4) is 0 Å². The van der Waals surface area contributed by atoms with Gasteiger partial charge in [0.25, 0.3) is 0 Å². The lowest BCUT2D eigenvalue weighted by Crippen LogP contribution is -2.22. The summed E-state index contributed by atoms with van der Waals surface area (Å²) < 4.78 is 13.4. The molecule has 13 heavy (non-hydrogen) atoms. The highest BCUT2D eigenvalue weighted by Gasteiger charge is 2.07. The average Bonchev–Trinajstić information content (AvgIpc) is 2.13. The van der Waals surface area contributed by atoms with Gasteiger partial charge in [0.1, 0.15) is 5.82 Å². The largest absolute Gasteiger partial charge is 0.327 e. The summed E-state index contributed by atoms with van der Waals surface area (Å²) >= 11 is 0. The standard InChI is InChI=1S/C11H16FN/c1-3-10(13)7-9-6-4-5-8(2)11(9)12/h4-6,10H,3,7,13H2,1-2H3. The summed E-state index contributed by atoms with van der Waals surface area (Å²) in [5.41, 5.74) is 7.18. The fourth-order valence-electron chi connectivity index (χ4n) is 1.29. The van der Waals surface area contributed by atoms with Crippen molar-refractivity contribution in [2.45, 2.75) is 32.7 Å². The summed E-state index contributed by atoms with van der Waals surface area (Å²) in [5.74, 6) is -0.105. The molecular formula is C11H16FN. The molecule has 0 radical (unpaired) electrons. The van der Waals surface area contributed by atoms with Crippen molar-refractivity contribution in [1.29, 1.82) is 0 Å². The summed E-state index contributed by atoms with van der Waals surface area (Å²) in [6.45, 7) is 3.79. The van der Waals surface area contributed by atoms with Crippen LogP contribution >= 0.6 is 0 Å². The number of hydrogen-bond acceptors (Lipinski definition) is 1. The molecule has 1 atom stereocenters. The molecule has 1 nitrogen and oxygen atoms in total. The van der Waals surface area contributed by atoms with Crippen LogP contribution in [0, 0.1) is 12.7 Å². The van der Waals surface area contributed by atoms with E-state index in [-0.39, 0.29) is 11.9 Å². The molecule has 0 aliphatic carbocycles. The minimum absolute atomic E-state index is 0.0660. The van der Waals surface area contributed by atoms with Gasteiger partial charge in [-0.05, 0) is 30.9 Å². The van der Waals surface area contributed by atoms with Crippen LogP contribution in [0.15, 0.2) is 18.2 Å². The van der Waals surface area contributed by atoms with Crippen molar-refractivity contribution in [2.75, 3.05) is 0 Å². The first-order chi connectivity index (χ1) is 6.15. The molecule has 1 rings (SSSR count). The molecule has 1 aromatic carbocycles. The van der Waals surface area contributed by atoms with Crippen LogP contribution in [0.1, 0.15) is 24.5 Å². The lowest BCUT2D eigenvalue weighted by Gasteiger charge is -2.10. The zero-order chi connectivity index (χ0) is 9.84. The van der Waals surface area contributed by atoms with E-state index < -0.39 is 0 Å². The third-order valence-corrected chi connectivity index (χ3v) is 2.28. The van der Waals surface area contributed by atoms with Gasteiger partial charge in [-0.25, -0.2) is 4.39 Å². The van der Waals surface area contributed by atoms with Crippen LogP contribution in [-0.2, 0) is 6.42 Å². The third kappa shape index (κ3) is 2.52. The summed E-state index contributed by atoms with van der Waals surface area (Å²) in [7, 11) is 0. The van der Waals surface area contributed by atoms with Gasteiger partial charge in [0.05, 0.1) is 0 Å². The molecule has 0 aliphatic heterocycles. The van der Waals surface area contributed by atoms with Gasteiger partial charge in [-0.15, -0.1) is 0 Å². The smallest absolute Gasteiger partial charge is 0.129 e. The Hall–Kier alpha value is -0.890. The van der Waals surface area contributed by atoms with Crippen LogP contribution < -0.4 is 5.73 Å². The van der Waals surface area contributed by atoms with Gasteiger partial charge in [0.2, 0.25) is 0 Å². The molecule has 0 saturated heterocycles. The Morgan fingerprint density at radius 2 is 2.15 bits per heavy atom. The van der Waals surface area contributed by atoms with Crippen molar-refractivity contribution < 1.29 is 4.39 Å². The first kappa shape index (κ1) is 10.2. The molecular weight excluding hydrogens is 165 g/mol. The fraction of sp³-hybridized carbons (Fsp3) is 0.455. The second-order valence-electron chi connectivity index (χ2n) is 3.42. The van der Waals surface area contributed by atoms with Crippen molar-refractivity contribution in [1.82, 2.24) is 0 Å². The Kier molecular flexibility index (Phi) is 3.43. The van der Waals surface area contributed by atoms with E-state index in [0.29, 0.717) is 12.0 Å². The Balaban J connectivity index is 2.83. The molecule has 0 amide bonds. The topological polar surface area (TPSA) is 26.0 Å². The van der Waals surface area contributed by atoms with Gasteiger partial charge in [-0.3, -0.25) is 0 Å². The van der Waals surface area contributed by atoms with E-state index in [9.17, 15) is 4.39 Å². The maximum atomic E-state index is 13.4. The van der Waals surface area contributed by atoms with E-state index in [0.717, 1.165) is 12.0 Å². The highest BCUT2D eigenvalue weighted by Crippen LogP contribution is 2.13. The van der Waals surface area contributed by atoms with Crippen molar-refractivity contribution in [3.63, 3.8) is 0 Å². The molecule has 0 heterocycles. The Morgan fingerprint density at radius 1 is 1.46 bits per heavy atom. The number of halogens is 1. The maximum absolute atomic E-state index is 13.4. The predicted octanol–water partition coefficient (Wildman–Crippen LogP) is 2.41. The maximum Gasteiger partial charge on any atom is 0.129 e. The van der Waals surface area contributed by atoms with Gasteiger partial charge < -0.3 is 5.73 Å². The van der Waals surface area contributed by atoms with Crippen LogP contribution in [0.2, 0.25) is 0 Å². The molecule has 0 fully saturated rings. The van der Waals surface area contributed by atoms with Crippen LogP contribution in [-0.4, -0.2) is 6.04 Å². The normalized spacial score (nSPS) is 12.9. The second kappa shape index (κ2) is 4.38. The molecule has 2 heteroatoms. The Labute approximate surface area is 78.8 Å². The molecule has 72 valence electrons. The molecule has 1 unspecified atom stereocenters. The van der Waals surface area contributed by atoms with Crippen LogP contribution in [0.3, 0.4) is 0 Å². The van der Waals surface area contributed by atoms with E-state index >= 15 is 0 Å². The van der Waals surface area contributed by atoms with Crippen molar-refractivity contribution in [2.24, 2.45) is 5.73 Å². The Bertz CT molecular complexity index is 283. The van der Waals surface area contributed by atoms with Gasteiger partial charge >= 0.3 is 0 Å². The monoisotopic (exact) mass is 181 g/mol. The number of hydrogen-bond donors (Lipinski definition) is 1.